The Balaban J connectivity index is 1.31. The molecule has 3 aromatic heterocycles. The van der Waals surface area contributed by atoms with Crippen molar-refractivity contribution in [1.82, 2.24) is 24.7 Å². The first-order valence-electron chi connectivity index (χ1n) is 15.1. The first kappa shape index (κ1) is 28.9. The molecule has 2 aliphatic heterocycles. The SMILES string of the molecule is COc1ccc(Cn2nc(-c3ncco3)c3c(NC4CCOCC4)nc(Nc4ccc(N5CCOCC5)cc4OC)nc32)cc1. The molecule has 0 atom stereocenters. The normalized spacial score (nSPS) is 15.7. The van der Waals surface area contributed by atoms with E-state index in [1.807, 2.05) is 41.1 Å². The highest BCUT2D eigenvalue weighted by Crippen LogP contribution is 2.36. The van der Waals surface area contributed by atoms with Crippen LogP contribution >= 0.6 is 0 Å². The number of benzene rings is 2. The van der Waals surface area contributed by atoms with E-state index >= 15 is 0 Å². The maximum Gasteiger partial charge on any atom is 0.247 e. The maximum absolute atomic E-state index is 5.81. The number of ether oxygens (including phenoxy) is 4. The number of aromatic nitrogens is 5. The van der Waals surface area contributed by atoms with Gasteiger partial charge in [0.15, 0.2) is 11.3 Å². The van der Waals surface area contributed by atoms with Gasteiger partial charge >= 0.3 is 0 Å². The molecule has 0 aliphatic carbocycles. The molecule has 5 heterocycles. The summed E-state index contributed by atoms with van der Waals surface area (Å²) >= 11 is 0. The Labute approximate surface area is 260 Å². The molecule has 0 bridgehead atoms. The largest absolute Gasteiger partial charge is 0.497 e. The van der Waals surface area contributed by atoms with E-state index in [1.165, 1.54) is 0 Å². The van der Waals surface area contributed by atoms with Crippen LogP contribution in [0.15, 0.2) is 59.3 Å². The van der Waals surface area contributed by atoms with Crippen molar-refractivity contribution in [3.63, 3.8) is 0 Å². The van der Waals surface area contributed by atoms with Crippen molar-refractivity contribution in [2.24, 2.45) is 0 Å². The molecular formula is C32H36N8O5. The molecule has 13 heteroatoms. The van der Waals surface area contributed by atoms with Crippen molar-refractivity contribution >= 4 is 34.2 Å². The molecule has 2 aliphatic rings. The molecular weight excluding hydrogens is 576 g/mol. The van der Waals surface area contributed by atoms with Crippen LogP contribution in [0.5, 0.6) is 11.5 Å². The summed E-state index contributed by atoms with van der Waals surface area (Å²) < 4.78 is 29.9. The van der Waals surface area contributed by atoms with Gasteiger partial charge in [0.25, 0.3) is 0 Å². The second-order valence-electron chi connectivity index (χ2n) is 10.9. The van der Waals surface area contributed by atoms with Gasteiger partial charge in [-0.25, -0.2) is 9.67 Å². The van der Waals surface area contributed by atoms with Crippen LogP contribution in [0.25, 0.3) is 22.6 Å². The van der Waals surface area contributed by atoms with Crippen LogP contribution in [0.2, 0.25) is 0 Å². The third-order valence-electron chi connectivity index (χ3n) is 8.09. The predicted molar refractivity (Wildman–Crippen MR) is 170 cm³/mol. The van der Waals surface area contributed by atoms with E-state index in [-0.39, 0.29) is 6.04 Å². The van der Waals surface area contributed by atoms with E-state index < -0.39 is 0 Å². The fraction of sp³-hybridized carbons (Fsp3) is 0.375. The van der Waals surface area contributed by atoms with Gasteiger partial charge in [-0.2, -0.15) is 15.1 Å². The standard InChI is InChI=1S/C32H36N8O5/c1-41-24-6-3-21(4-7-24)20-40-30-27(28(38-40)31-33-11-16-45-31)29(34-22-9-14-43-15-10-22)36-32(37-30)35-25-8-5-23(19-26(25)42-2)39-12-17-44-18-13-39/h3-8,11,16,19,22H,9-10,12-15,17-18,20H2,1-2H3,(H2,34,35,36,37). The Morgan fingerprint density at radius 2 is 1.73 bits per heavy atom. The molecule has 0 radical (unpaired) electrons. The fourth-order valence-electron chi connectivity index (χ4n) is 5.69. The lowest BCUT2D eigenvalue weighted by Gasteiger charge is -2.29. The lowest BCUT2D eigenvalue weighted by molar-refractivity contribution is 0.0904. The molecule has 0 spiro atoms. The average Bonchev–Trinajstić information content (AvgIpc) is 3.75. The van der Waals surface area contributed by atoms with Crippen LogP contribution in [0.3, 0.4) is 0 Å². The van der Waals surface area contributed by atoms with Crippen LogP contribution in [0, 0.1) is 0 Å². The van der Waals surface area contributed by atoms with Gasteiger partial charge in [-0.15, -0.1) is 0 Å². The summed E-state index contributed by atoms with van der Waals surface area (Å²) in [6.07, 6.45) is 4.87. The molecule has 7 rings (SSSR count). The number of morpholine rings is 1. The molecule has 0 unspecified atom stereocenters. The van der Waals surface area contributed by atoms with Crippen molar-refractivity contribution in [3.05, 3.63) is 60.5 Å². The van der Waals surface area contributed by atoms with Gasteiger partial charge in [-0.1, -0.05) is 12.1 Å². The number of nitrogens with zero attached hydrogens (tertiary/aromatic N) is 6. The van der Waals surface area contributed by atoms with Gasteiger partial charge in [0, 0.05) is 44.1 Å². The minimum atomic E-state index is 0.175. The van der Waals surface area contributed by atoms with Gasteiger partial charge in [-0.3, -0.25) is 0 Å². The number of hydrogen-bond donors (Lipinski definition) is 2. The Hall–Kier alpha value is -4.88. The summed E-state index contributed by atoms with van der Waals surface area (Å²) in [7, 11) is 3.32. The van der Waals surface area contributed by atoms with Crippen molar-refractivity contribution < 1.29 is 23.4 Å². The van der Waals surface area contributed by atoms with Crippen LogP contribution in [0.4, 0.5) is 23.1 Å². The molecule has 0 saturated carbocycles. The van der Waals surface area contributed by atoms with Gasteiger partial charge in [0.05, 0.1) is 51.2 Å². The quantitative estimate of drug-likeness (QED) is 0.226. The Bertz CT molecular complexity index is 1730. The highest BCUT2D eigenvalue weighted by molar-refractivity contribution is 5.98. The second kappa shape index (κ2) is 13.0. The Kier molecular flexibility index (Phi) is 8.34. The van der Waals surface area contributed by atoms with Crippen molar-refractivity contribution in [2.75, 3.05) is 69.3 Å². The van der Waals surface area contributed by atoms with E-state index in [0.717, 1.165) is 54.0 Å². The minimum absolute atomic E-state index is 0.175. The van der Waals surface area contributed by atoms with Gasteiger partial charge in [0.2, 0.25) is 11.8 Å². The third kappa shape index (κ3) is 6.22. The number of nitrogens with one attached hydrogen (secondary N) is 2. The summed E-state index contributed by atoms with van der Waals surface area (Å²) in [5.74, 6) is 2.92. The van der Waals surface area contributed by atoms with Crippen LogP contribution in [-0.2, 0) is 16.0 Å². The molecule has 234 valence electrons. The minimum Gasteiger partial charge on any atom is -0.497 e. The van der Waals surface area contributed by atoms with E-state index in [9.17, 15) is 0 Å². The Morgan fingerprint density at radius 3 is 2.47 bits per heavy atom. The number of oxazole rings is 1. The number of rotatable bonds is 10. The summed E-state index contributed by atoms with van der Waals surface area (Å²) in [6, 6.07) is 14.2. The number of methoxy groups -OCH3 is 2. The van der Waals surface area contributed by atoms with Gasteiger partial charge in [-0.05, 0) is 42.7 Å². The Morgan fingerprint density at radius 1 is 0.933 bits per heavy atom. The zero-order chi connectivity index (χ0) is 30.6. The lowest BCUT2D eigenvalue weighted by atomic mass is 10.1. The zero-order valence-electron chi connectivity index (χ0n) is 25.4. The summed E-state index contributed by atoms with van der Waals surface area (Å²) in [5, 5.41) is 12.8. The highest BCUT2D eigenvalue weighted by atomic mass is 16.5. The topological polar surface area (TPSA) is 134 Å². The first-order chi connectivity index (χ1) is 22.2. The van der Waals surface area contributed by atoms with Gasteiger partial charge < -0.3 is 38.9 Å². The van der Waals surface area contributed by atoms with Crippen LogP contribution in [-0.4, -0.2) is 84.5 Å². The predicted octanol–water partition coefficient (Wildman–Crippen LogP) is 4.72. The van der Waals surface area contributed by atoms with E-state index in [0.29, 0.717) is 67.7 Å². The van der Waals surface area contributed by atoms with Gasteiger partial charge in [0.1, 0.15) is 23.6 Å². The molecule has 0 amide bonds. The fourth-order valence-corrected chi connectivity index (χ4v) is 5.69. The smallest absolute Gasteiger partial charge is 0.247 e. The molecule has 13 nitrogen and oxygen atoms in total. The van der Waals surface area contributed by atoms with E-state index in [4.69, 9.17) is 38.4 Å². The summed E-state index contributed by atoms with van der Waals surface area (Å²) in [4.78, 5) is 16.7. The average molecular weight is 613 g/mol. The molecule has 5 aromatic rings. The molecule has 2 saturated heterocycles. The molecule has 45 heavy (non-hydrogen) atoms. The van der Waals surface area contributed by atoms with Crippen molar-refractivity contribution in [1.29, 1.82) is 0 Å². The number of anilines is 4. The summed E-state index contributed by atoms with van der Waals surface area (Å²) in [6.45, 7) is 4.92. The van der Waals surface area contributed by atoms with Crippen LogP contribution in [0.1, 0.15) is 18.4 Å². The monoisotopic (exact) mass is 612 g/mol. The van der Waals surface area contributed by atoms with Crippen molar-refractivity contribution in [2.45, 2.75) is 25.4 Å². The second-order valence-corrected chi connectivity index (χ2v) is 10.9. The molecule has 2 N–H and O–H groups in total. The zero-order valence-corrected chi connectivity index (χ0v) is 25.4. The number of hydrogen-bond acceptors (Lipinski definition) is 12. The number of fused-ring (bicyclic) bond motifs is 1. The first-order valence-corrected chi connectivity index (χ1v) is 15.1. The molecule has 2 fully saturated rings. The summed E-state index contributed by atoms with van der Waals surface area (Å²) in [5.41, 5.74) is 4.06. The molecule has 2 aromatic carbocycles. The maximum atomic E-state index is 5.81. The lowest BCUT2D eigenvalue weighted by Crippen LogP contribution is -2.36. The van der Waals surface area contributed by atoms with Crippen molar-refractivity contribution in [3.8, 4) is 23.1 Å². The van der Waals surface area contributed by atoms with E-state index in [1.54, 1.807) is 26.7 Å². The highest BCUT2D eigenvalue weighted by Gasteiger charge is 2.25. The van der Waals surface area contributed by atoms with E-state index in [2.05, 4.69) is 26.6 Å². The third-order valence-corrected chi connectivity index (χ3v) is 8.09. The van der Waals surface area contributed by atoms with Crippen LogP contribution < -0.4 is 25.0 Å².